The Morgan fingerprint density at radius 3 is 2.59 bits per heavy atom. The Morgan fingerprint density at radius 1 is 1.03 bits per heavy atom. The number of para-hydroxylation sites is 1. The van der Waals surface area contributed by atoms with Crippen LogP contribution in [0.15, 0.2) is 71.6 Å². The highest BCUT2D eigenvalue weighted by atomic mass is 32.2. The highest BCUT2D eigenvalue weighted by Gasteiger charge is 2.15. The minimum Gasteiger partial charge on any atom is -0.507 e. The molecule has 0 atom stereocenters. The van der Waals surface area contributed by atoms with Crippen molar-refractivity contribution in [2.45, 2.75) is 4.90 Å². The van der Waals surface area contributed by atoms with E-state index in [1.54, 1.807) is 18.2 Å². The summed E-state index contributed by atoms with van der Waals surface area (Å²) < 4.78 is 24.4. The van der Waals surface area contributed by atoms with Gasteiger partial charge in [0.25, 0.3) is 5.91 Å². The molecule has 4 aromatic rings. The van der Waals surface area contributed by atoms with Crippen LogP contribution in [0, 0.1) is 0 Å². The third kappa shape index (κ3) is 3.98. The molecule has 1 heterocycles. The number of aromatic nitrogens is 1. The van der Waals surface area contributed by atoms with Crippen LogP contribution in [0.25, 0.3) is 20.8 Å². The highest BCUT2D eigenvalue weighted by Crippen LogP contribution is 2.36. The van der Waals surface area contributed by atoms with Crippen LogP contribution in [-0.4, -0.2) is 30.7 Å². The summed E-state index contributed by atoms with van der Waals surface area (Å²) in [5.41, 5.74) is 2.03. The van der Waals surface area contributed by atoms with E-state index in [9.17, 15) is 18.3 Å². The smallest absolute Gasteiger partial charge is 0.255 e. The van der Waals surface area contributed by atoms with Crippen molar-refractivity contribution in [2.24, 2.45) is 0 Å². The lowest BCUT2D eigenvalue weighted by atomic mass is 10.1. The van der Waals surface area contributed by atoms with E-state index in [1.165, 1.54) is 35.6 Å². The molecule has 0 aliphatic heterocycles. The quantitative estimate of drug-likeness (QED) is 0.476. The number of fused-ring (bicyclic) bond motifs is 1. The second-order valence-electron chi connectivity index (χ2n) is 6.47. The normalized spacial score (nSPS) is 11.5. The molecule has 4 rings (SSSR count). The molecule has 0 saturated heterocycles. The zero-order valence-corrected chi connectivity index (χ0v) is 16.9. The van der Waals surface area contributed by atoms with Gasteiger partial charge in [0.2, 0.25) is 0 Å². The van der Waals surface area contributed by atoms with Crippen molar-refractivity contribution in [3.8, 4) is 16.3 Å². The van der Waals surface area contributed by atoms with Gasteiger partial charge in [-0.25, -0.2) is 13.4 Å². The summed E-state index contributed by atoms with van der Waals surface area (Å²) in [6.45, 7) is 0. The first-order valence-corrected chi connectivity index (χ1v) is 11.3. The molecule has 0 aliphatic rings. The van der Waals surface area contributed by atoms with Crippen LogP contribution in [-0.2, 0) is 9.84 Å². The van der Waals surface area contributed by atoms with E-state index in [-0.39, 0.29) is 16.2 Å². The first-order chi connectivity index (χ1) is 13.8. The Kier molecular flexibility index (Phi) is 4.81. The molecular weight excluding hydrogens is 408 g/mol. The molecule has 2 N–H and O–H groups in total. The maximum absolute atomic E-state index is 12.6. The number of anilines is 1. The first kappa shape index (κ1) is 19.1. The Balaban J connectivity index is 1.65. The van der Waals surface area contributed by atoms with E-state index in [0.29, 0.717) is 16.3 Å². The molecule has 1 amide bonds. The number of nitrogens with zero attached hydrogens (tertiary/aromatic N) is 1. The summed E-state index contributed by atoms with van der Waals surface area (Å²) in [7, 11) is -3.41. The third-order valence-corrected chi connectivity index (χ3v) is 6.48. The molecule has 0 radical (unpaired) electrons. The van der Waals surface area contributed by atoms with Crippen LogP contribution in [0.1, 0.15) is 10.4 Å². The molecule has 146 valence electrons. The molecular formula is C21H16N2O4S2. The monoisotopic (exact) mass is 424 g/mol. The van der Waals surface area contributed by atoms with E-state index in [1.807, 2.05) is 24.3 Å². The lowest BCUT2D eigenvalue weighted by Crippen LogP contribution is -2.12. The van der Waals surface area contributed by atoms with Crippen LogP contribution in [0.4, 0.5) is 5.69 Å². The molecule has 3 aromatic carbocycles. The number of aromatic hydroxyl groups is 1. The summed E-state index contributed by atoms with van der Waals surface area (Å²) in [5, 5.41) is 13.7. The Bertz CT molecular complexity index is 1310. The summed E-state index contributed by atoms with van der Waals surface area (Å²) in [4.78, 5) is 17.2. The van der Waals surface area contributed by atoms with Crippen molar-refractivity contribution in [1.29, 1.82) is 0 Å². The third-order valence-electron chi connectivity index (χ3n) is 4.30. The van der Waals surface area contributed by atoms with Crippen LogP contribution in [0.3, 0.4) is 0 Å². The number of amides is 1. The second kappa shape index (κ2) is 7.31. The molecule has 0 fully saturated rings. The van der Waals surface area contributed by atoms with E-state index >= 15 is 0 Å². The number of phenols is 1. The molecule has 0 unspecified atom stereocenters. The van der Waals surface area contributed by atoms with Gasteiger partial charge < -0.3 is 10.4 Å². The van der Waals surface area contributed by atoms with Gasteiger partial charge in [0.1, 0.15) is 10.8 Å². The summed E-state index contributed by atoms with van der Waals surface area (Å²) >= 11 is 1.44. The minimum atomic E-state index is -3.41. The van der Waals surface area contributed by atoms with Gasteiger partial charge in [-0.3, -0.25) is 4.79 Å². The number of benzene rings is 3. The zero-order chi connectivity index (χ0) is 20.6. The van der Waals surface area contributed by atoms with Gasteiger partial charge in [-0.1, -0.05) is 18.2 Å². The highest BCUT2D eigenvalue weighted by molar-refractivity contribution is 7.90. The minimum absolute atomic E-state index is 0.0566. The molecule has 6 nitrogen and oxygen atoms in total. The van der Waals surface area contributed by atoms with E-state index in [0.717, 1.165) is 16.5 Å². The number of carbonyl (C=O) groups is 1. The number of nitrogens with one attached hydrogen (secondary N) is 1. The summed E-state index contributed by atoms with van der Waals surface area (Å²) in [5.74, 6) is -0.391. The summed E-state index contributed by atoms with van der Waals surface area (Å²) in [6, 6.07) is 18.2. The number of thiazole rings is 1. The van der Waals surface area contributed by atoms with E-state index in [2.05, 4.69) is 10.3 Å². The predicted octanol–water partition coefficient (Wildman–Crippen LogP) is 4.32. The molecule has 29 heavy (non-hydrogen) atoms. The Labute approximate surface area is 171 Å². The fourth-order valence-electron chi connectivity index (χ4n) is 2.84. The molecule has 0 bridgehead atoms. The van der Waals surface area contributed by atoms with Gasteiger partial charge in [0.05, 0.1) is 20.7 Å². The molecule has 0 saturated carbocycles. The number of rotatable bonds is 4. The van der Waals surface area contributed by atoms with Crippen molar-refractivity contribution >= 4 is 43.0 Å². The zero-order valence-electron chi connectivity index (χ0n) is 15.3. The van der Waals surface area contributed by atoms with Gasteiger partial charge >= 0.3 is 0 Å². The number of sulfone groups is 1. The van der Waals surface area contributed by atoms with Crippen LogP contribution >= 0.6 is 11.3 Å². The number of phenolic OH excluding ortho intramolecular Hbond substituents is 1. The number of hydrogen-bond acceptors (Lipinski definition) is 6. The van der Waals surface area contributed by atoms with Gasteiger partial charge in [-0.15, -0.1) is 11.3 Å². The van der Waals surface area contributed by atoms with E-state index < -0.39 is 15.7 Å². The molecule has 1 aromatic heterocycles. The standard InChI is InChI=1S/C21H16N2O4S2/c1-29(26,27)15-6-4-5-13(11-15)20(25)22-14-9-10-18(24)16(12-14)21-23-17-7-2-3-8-19(17)28-21/h2-12,24H,1H3,(H,22,25). The maximum Gasteiger partial charge on any atom is 0.255 e. The average Bonchev–Trinajstić information content (AvgIpc) is 3.13. The van der Waals surface area contributed by atoms with Crippen molar-refractivity contribution in [1.82, 2.24) is 4.98 Å². The fourth-order valence-corrected chi connectivity index (χ4v) is 4.50. The van der Waals surface area contributed by atoms with E-state index in [4.69, 9.17) is 0 Å². The number of carbonyl (C=O) groups excluding carboxylic acids is 1. The molecule has 0 aliphatic carbocycles. The Hall–Kier alpha value is -3.23. The fraction of sp³-hybridized carbons (Fsp3) is 0.0476. The van der Waals surface area contributed by atoms with Crippen molar-refractivity contribution in [2.75, 3.05) is 11.6 Å². The van der Waals surface area contributed by atoms with Crippen LogP contribution < -0.4 is 5.32 Å². The molecule has 0 spiro atoms. The number of hydrogen-bond donors (Lipinski definition) is 2. The first-order valence-electron chi connectivity index (χ1n) is 8.62. The van der Waals surface area contributed by atoms with Gasteiger partial charge in [-0.05, 0) is 48.5 Å². The predicted molar refractivity (Wildman–Crippen MR) is 114 cm³/mol. The lowest BCUT2D eigenvalue weighted by Gasteiger charge is -2.09. The van der Waals surface area contributed by atoms with Gasteiger partial charge in [0, 0.05) is 17.5 Å². The summed E-state index contributed by atoms with van der Waals surface area (Å²) in [6.07, 6.45) is 1.09. The van der Waals surface area contributed by atoms with Crippen LogP contribution in [0.5, 0.6) is 5.75 Å². The lowest BCUT2D eigenvalue weighted by molar-refractivity contribution is 0.102. The SMILES string of the molecule is CS(=O)(=O)c1cccc(C(=O)Nc2ccc(O)c(-c3nc4ccccc4s3)c2)c1. The van der Waals surface area contributed by atoms with Crippen molar-refractivity contribution in [3.05, 3.63) is 72.3 Å². The van der Waals surface area contributed by atoms with Gasteiger partial charge in [0.15, 0.2) is 9.84 Å². The largest absolute Gasteiger partial charge is 0.507 e. The van der Waals surface area contributed by atoms with Crippen LogP contribution in [0.2, 0.25) is 0 Å². The average molecular weight is 425 g/mol. The van der Waals surface area contributed by atoms with Crippen molar-refractivity contribution < 1.29 is 18.3 Å². The maximum atomic E-state index is 12.6. The second-order valence-corrected chi connectivity index (χ2v) is 9.52. The molecule has 8 heteroatoms. The van der Waals surface area contributed by atoms with Gasteiger partial charge in [-0.2, -0.15) is 0 Å². The van der Waals surface area contributed by atoms with Crippen molar-refractivity contribution in [3.63, 3.8) is 0 Å². The Morgan fingerprint density at radius 2 is 1.83 bits per heavy atom. The topological polar surface area (TPSA) is 96.4 Å².